The molecule has 0 unspecified atom stereocenters. The fourth-order valence-corrected chi connectivity index (χ4v) is 2.10. The van der Waals surface area contributed by atoms with Crippen LogP contribution in [-0.2, 0) is 4.74 Å². The van der Waals surface area contributed by atoms with Crippen LogP contribution in [0.25, 0.3) is 10.2 Å². The molecule has 0 fully saturated rings. The summed E-state index contributed by atoms with van der Waals surface area (Å²) < 4.78 is 45.4. The molecular formula is C10H6F3NO3S. The number of methoxy groups -OCH3 is 1. The van der Waals surface area contributed by atoms with Gasteiger partial charge in [-0.25, -0.2) is 9.78 Å². The summed E-state index contributed by atoms with van der Waals surface area (Å²) >= 11 is 1.10. The highest BCUT2D eigenvalue weighted by Gasteiger charge is 2.32. The van der Waals surface area contributed by atoms with E-state index in [-0.39, 0.29) is 11.1 Å². The van der Waals surface area contributed by atoms with Crippen LogP contribution in [0.2, 0.25) is 0 Å². The zero-order valence-electron chi connectivity index (χ0n) is 8.95. The lowest BCUT2D eigenvalue weighted by Gasteiger charge is -2.10. The van der Waals surface area contributed by atoms with E-state index in [9.17, 15) is 18.0 Å². The molecule has 0 aliphatic rings. The van der Waals surface area contributed by atoms with E-state index < -0.39 is 18.1 Å². The molecule has 0 saturated carbocycles. The molecule has 18 heavy (non-hydrogen) atoms. The first-order valence-electron chi connectivity index (χ1n) is 4.62. The normalized spacial score (nSPS) is 11.6. The third-order valence-electron chi connectivity index (χ3n) is 2.05. The van der Waals surface area contributed by atoms with Crippen LogP contribution in [0.15, 0.2) is 17.6 Å². The molecule has 0 N–H and O–H groups in total. The van der Waals surface area contributed by atoms with Crippen LogP contribution in [0, 0.1) is 0 Å². The van der Waals surface area contributed by atoms with Gasteiger partial charge in [0, 0.05) is 0 Å². The first-order valence-corrected chi connectivity index (χ1v) is 5.50. The fourth-order valence-electron chi connectivity index (χ4n) is 1.37. The molecule has 0 spiro atoms. The van der Waals surface area contributed by atoms with Crippen LogP contribution in [-0.4, -0.2) is 24.4 Å². The first-order chi connectivity index (χ1) is 8.40. The number of halogens is 3. The molecule has 0 saturated heterocycles. The van der Waals surface area contributed by atoms with E-state index in [4.69, 9.17) is 0 Å². The number of fused-ring (bicyclic) bond motifs is 1. The van der Waals surface area contributed by atoms with Gasteiger partial charge in [0.1, 0.15) is 5.52 Å². The number of ether oxygens (including phenoxy) is 2. The van der Waals surface area contributed by atoms with Gasteiger partial charge in [0.25, 0.3) is 0 Å². The Morgan fingerprint density at radius 1 is 1.39 bits per heavy atom. The number of aromatic nitrogens is 1. The Labute approximate surface area is 103 Å². The van der Waals surface area contributed by atoms with Gasteiger partial charge in [0.2, 0.25) is 0 Å². The van der Waals surface area contributed by atoms with Crippen molar-refractivity contribution in [1.82, 2.24) is 4.98 Å². The number of carbonyl (C=O) groups is 1. The van der Waals surface area contributed by atoms with Crippen molar-refractivity contribution in [2.75, 3.05) is 7.11 Å². The summed E-state index contributed by atoms with van der Waals surface area (Å²) in [5.74, 6) is -1.25. The third-order valence-corrected chi connectivity index (χ3v) is 2.82. The van der Waals surface area contributed by atoms with Crippen molar-refractivity contribution in [2.45, 2.75) is 6.36 Å². The largest absolute Gasteiger partial charge is 0.573 e. The maximum Gasteiger partial charge on any atom is 0.573 e. The smallest absolute Gasteiger partial charge is 0.465 e. The summed E-state index contributed by atoms with van der Waals surface area (Å²) in [5.41, 5.74) is 1.41. The van der Waals surface area contributed by atoms with E-state index in [0.717, 1.165) is 24.5 Å². The van der Waals surface area contributed by atoms with E-state index in [2.05, 4.69) is 14.5 Å². The van der Waals surface area contributed by atoms with Crippen molar-refractivity contribution in [1.29, 1.82) is 0 Å². The molecule has 0 amide bonds. The molecular weight excluding hydrogens is 271 g/mol. The van der Waals surface area contributed by atoms with Gasteiger partial charge >= 0.3 is 12.3 Å². The number of hydrogen-bond acceptors (Lipinski definition) is 5. The quantitative estimate of drug-likeness (QED) is 0.792. The molecule has 0 bridgehead atoms. The van der Waals surface area contributed by atoms with Gasteiger partial charge in [0.15, 0.2) is 5.75 Å². The Balaban J connectivity index is 2.55. The second-order valence-corrected chi connectivity index (χ2v) is 4.10. The molecule has 1 aromatic heterocycles. The number of rotatable bonds is 2. The number of thiazole rings is 1. The summed E-state index contributed by atoms with van der Waals surface area (Å²) in [6.07, 6.45) is -4.84. The SMILES string of the molecule is COC(=O)c1cc(OC(F)(F)F)c2ncsc2c1. The highest BCUT2D eigenvalue weighted by atomic mass is 32.1. The Bertz CT molecular complexity index is 594. The van der Waals surface area contributed by atoms with Crippen LogP contribution in [0.3, 0.4) is 0 Å². The minimum Gasteiger partial charge on any atom is -0.465 e. The van der Waals surface area contributed by atoms with E-state index in [0.29, 0.717) is 4.70 Å². The standard InChI is InChI=1S/C10H6F3NO3S/c1-16-9(15)5-2-6(17-10(11,12)13)8-7(3-5)18-4-14-8/h2-4H,1H3. The molecule has 8 heteroatoms. The van der Waals surface area contributed by atoms with Gasteiger partial charge in [-0.05, 0) is 12.1 Å². The lowest BCUT2D eigenvalue weighted by Crippen LogP contribution is -2.17. The molecule has 2 aromatic rings. The Morgan fingerprint density at radius 2 is 2.11 bits per heavy atom. The minimum absolute atomic E-state index is 0.0199. The lowest BCUT2D eigenvalue weighted by atomic mass is 10.2. The fraction of sp³-hybridized carbons (Fsp3) is 0.200. The number of benzene rings is 1. The van der Waals surface area contributed by atoms with Crippen LogP contribution in [0.5, 0.6) is 5.75 Å². The highest BCUT2D eigenvalue weighted by molar-refractivity contribution is 7.16. The van der Waals surface area contributed by atoms with Crippen LogP contribution in [0.1, 0.15) is 10.4 Å². The zero-order chi connectivity index (χ0) is 13.3. The maximum atomic E-state index is 12.2. The van der Waals surface area contributed by atoms with E-state index in [1.54, 1.807) is 0 Å². The lowest BCUT2D eigenvalue weighted by molar-refractivity contribution is -0.274. The average molecular weight is 277 g/mol. The average Bonchev–Trinajstić information content (AvgIpc) is 2.74. The summed E-state index contributed by atoms with van der Waals surface area (Å²) in [6, 6.07) is 2.36. The zero-order valence-corrected chi connectivity index (χ0v) is 9.76. The van der Waals surface area contributed by atoms with Crippen molar-refractivity contribution in [3.63, 3.8) is 0 Å². The number of nitrogens with zero attached hydrogens (tertiary/aromatic N) is 1. The molecule has 0 radical (unpaired) electrons. The van der Waals surface area contributed by atoms with Crippen molar-refractivity contribution in [3.05, 3.63) is 23.2 Å². The molecule has 2 rings (SSSR count). The van der Waals surface area contributed by atoms with Gasteiger partial charge in [-0.15, -0.1) is 24.5 Å². The van der Waals surface area contributed by atoms with Crippen molar-refractivity contribution < 1.29 is 27.4 Å². The molecule has 96 valence electrons. The van der Waals surface area contributed by atoms with Gasteiger partial charge in [-0.3, -0.25) is 0 Å². The molecule has 0 aliphatic heterocycles. The predicted molar refractivity (Wildman–Crippen MR) is 57.6 cm³/mol. The van der Waals surface area contributed by atoms with E-state index in [1.807, 2.05) is 0 Å². The van der Waals surface area contributed by atoms with Gasteiger partial charge < -0.3 is 9.47 Å². The molecule has 0 atom stereocenters. The van der Waals surface area contributed by atoms with E-state index in [1.165, 1.54) is 11.6 Å². The monoisotopic (exact) mass is 277 g/mol. The Hall–Kier alpha value is -1.83. The number of hydrogen-bond donors (Lipinski definition) is 0. The molecule has 1 aromatic carbocycles. The molecule has 1 heterocycles. The van der Waals surface area contributed by atoms with Crippen LogP contribution >= 0.6 is 11.3 Å². The Morgan fingerprint density at radius 3 is 2.72 bits per heavy atom. The maximum absolute atomic E-state index is 12.2. The summed E-state index contributed by atoms with van der Waals surface area (Å²) in [7, 11) is 1.14. The van der Waals surface area contributed by atoms with Crippen molar-refractivity contribution in [3.8, 4) is 5.75 Å². The summed E-state index contributed by atoms with van der Waals surface area (Å²) in [4.78, 5) is 15.1. The van der Waals surface area contributed by atoms with Crippen molar-refractivity contribution >= 4 is 27.5 Å². The van der Waals surface area contributed by atoms with Crippen LogP contribution in [0.4, 0.5) is 13.2 Å². The van der Waals surface area contributed by atoms with Gasteiger partial charge in [-0.1, -0.05) is 0 Å². The highest BCUT2D eigenvalue weighted by Crippen LogP contribution is 2.33. The molecule has 4 nitrogen and oxygen atoms in total. The Kier molecular flexibility index (Phi) is 3.12. The number of carbonyl (C=O) groups excluding carboxylic acids is 1. The topological polar surface area (TPSA) is 48.4 Å². The van der Waals surface area contributed by atoms with Crippen LogP contribution < -0.4 is 4.74 Å². The summed E-state index contributed by atoms with van der Waals surface area (Å²) in [5, 5.41) is 0. The number of alkyl halides is 3. The third kappa shape index (κ3) is 2.53. The first kappa shape index (κ1) is 12.6. The van der Waals surface area contributed by atoms with Crippen molar-refractivity contribution in [2.24, 2.45) is 0 Å². The van der Waals surface area contributed by atoms with Gasteiger partial charge in [0.05, 0.1) is 22.9 Å². The second kappa shape index (κ2) is 4.45. The number of esters is 1. The minimum atomic E-state index is -4.84. The van der Waals surface area contributed by atoms with E-state index >= 15 is 0 Å². The molecule has 0 aliphatic carbocycles. The summed E-state index contributed by atoms with van der Waals surface area (Å²) in [6.45, 7) is 0. The predicted octanol–water partition coefficient (Wildman–Crippen LogP) is 2.98. The van der Waals surface area contributed by atoms with Gasteiger partial charge in [-0.2, -0.15) is 0 Å². The second-order valence-electron chi connectivity index (χ2n) is 3.21.